The lowest BCUT2D eigenvalue weighted by Crippen LogP contribution is -2.25. The molecule has 1 rings (SSSR count). The Hall–Kier alpha value is -0.530. The highest BCUT2D eigenvalue weighted by Crippen LogP contribution is 2.28. The molecule has 2 atom stereocenters. The molecule has 1 heterocycles. The Bertz CT molecular complexity index is 227. The van der Waals surface area contributed by atoms with E-state index in [1.54, 1.807) is 0 Å². The number of aliphatic imine (C=N–C) groups is 1. The fraction of sp³-hybridized carbons (Fsp3) is 0.923. The molecular weight excluding hydrogens is 186 g/mol. The van der Waals surface area contributed by atoms with Crippen LogP contribution in [0.15, 0.2) is 4.99 Å². The van der Waals surface area contributed by atoms with Crippen molar-refractivity contribution >= 4 is 5.90 Å². The highest BCUT2D eigenvalue weighted by atomic mass is 16.5. The molecule has 0 saturated heterocycles. The predicted octanol–water partition coefficient (Wildman–Crippen LogP) is 3.66. The van der Waals surface area contributed by atoms with Crippen LogP contribution in [-0.4, -0.2) is 18.5 Å². The van der Waals surface area contributed by atoms with Crippen LogP contribution in [0.4, 0.5) is 0 Å². The highest BCUT2D eigenvalue weighted by molar-refractivity contribution is 5.79. The molecule has 0 bridgehead atoms. The summed E-state index contributed by atoms with van der Waals surface area (Å²) < 4.78 is 5.70. The monoisotopic (exact) mass is 211 g/mol. The summed E-state index contributed by atoms with van der Waals surface area (Å²) in [4.78, 5) is 4.71. The molecule has 0 aromatic heterocycles. The predicted molar refractivity (Wildman–Crippen MR) is 65.3 cm³/mol. The van der Waals surface area contributed by atoms with Crippen LogP contribution in [0.3, 0.4) is 0 Å². The second-order valence-electron chi connectivity index (χ2n) is 5.70. The summed E-state index contributed by atoms with van der Waals surface area (Å²) in [7, 11) is 0. The van der Waals surface area contributed by atoms with Crippen molar-refractivity contribution in [1.29, 1.82) is 0 Å². The van der Waals surface area contributed by atoms with Crippen molar-refractivity contribution in [2.24, 2.45) is 16.3 Å². The van der Waals surface area contributed by atoms with E-state index in [9.17, 15) is 0 Å². The minimum atomic E-state index is 0.228. The first-order chi connectivity index (χ1) is 6.95. The van der Waals surface area contributed by atoms with E-state index >= 15 is 0 Å². The van der Waals surface area contributed by atoms with Gasteiger partial charge in [-0.3, -0.25) is 0 Å². The normalized spacial score (nSPS) is 23.5. The van der Waals surface area contributed by atoms with E-state index in [2.05, 4.69) is 34.6 Å². The number of hydrogen-bond acceptors (Lipinski definition) is 2. The summed E-state index contributed by atoms with van der Waals surface area (Å²) in [6.45, 7) is 11.9. The summed E-state index contributed by atoms with van der Waals surface area (Å²) in [6, 6.07) is 0.344. The van der Waals surface area contributed by atoms with Gasteiger partial charge in [-0.2, -0.15) is 0 Å². The van der Waals surface area contributed by atoms with Crippen LogP contribution < -0.4 is 0 Å². The van der Waals surface area contributed by atoms with Gasteiger partial charge in [0, 0.05) is 5.92 Å². The molecule has 2 nitrogen and oxygen atoms in total. The number of rotatable bonds is 4. The topological polar surface area (TPSA) is 21.6 Å². The van der Waals surface area contributed by atoms with Crippen LogP contribution in [0.1, 0.15) is 53.9 Å². The van der Waals surface area contributed by atoms with Gasteiger partial charge in [-0.25, -0.2) is 4.99 Å². The maximum absolute atomic E-state index is 5.70. The van der Waals surface area contributed by atoms with E-state index in [4.69, 9.17) is 9.73 Å². The molecule has 0 radical (unpaired) electrons. The van der Waals surface area contributed by atoms with Crippen molar-refractivity contribution < 1.29 is 4.74 Å². The van der Waals surface area contributed by atoms with Crippen LogP contribution in [-0.2, 0) is 4.74 Å². The van der Waals surface area contributed by atoms with Gasteiger partial charge in [0.1, 0.15) is 6.61 Å². The number of ether oxygens (including phenoxy) is 1. The Labute approximate surface area is 94.1 Å². The smallest absolute Gasteiger partial charge is 0.186 e. The lowest BCUT2D eigenvalue weighted by Gasteiger charge is -2.21. The largest absolute Gasteiger partial charge is 0.478 e. The second-order valence-corrected chi connectivity index (χ2v) is 5.70. The lowest BCUT2D eigenvalue weighted by atomic mass is 9.88. The van der Waals surface area contributed by atoms with E-state index in [1.807, 2.05) is 0 Å². The highest BCUT2D eigenvalue weighted by Gasteiger charge is 2.31. The summed E-state index contributed by atoms with van der Waals surface area (Å²) in [5, 5.41) is 0. The zero-order valence-corrected chi connectivity index (χ0v) is 10.8. The minimum Gasteiger partial charge on any atom is -0.478 e. The molecule has 1 unspecified atom stereocenters. The van der Waals surface area contributed by atoms with E-state index < -0.39 is 0 Å². The van der Waals surface area contributed by atoms with E-state index in [0.29, 0.717) is 12.0 Å². The van der Waals surface area contributed by atoms with Crippen molar-refractivity contribution in [3.05, 3.63) is 0 Å². The van der Waals surface area contributed by atoms with E-state index in [1.165, 1.54) is 19.3 Å². The van der Waals surface area contributed by atoms with Crippen molar-refractivity contribution in [1.82, 2.24) is 0 Å². The first-order valence-electron chi connectivity index (χ1n) is 6.15. The average molecular weight is 211 g/mol. The maximum Gasteiger partial charge on any atom is 0.186 e. The molecule has 15 heavy (non-hydrogen) atoms. The van der Waals surface area contributed by atoms with Gasteiger partial charge in [0.05, 0.1) is 6.04 Å². The maximum atomic E-state index is 5.70. The molecule has 0 aliphatic carbocycles. The quantitative estimate of drug-likeness (QED) is 0.695. The average Bonchev–Trinajstić information content (AvgIpc) is 2.62. The Kier molecular flexibility index (Phi) is 4.18. The molecule has 0 aromatic carbocycles. The standard InChI is InChI=1S/C13H25NO/c1-6-7-8-10(2)12-14-11(9-15-12)13(3,4)5/h10-11H,6-9H2,1-5H3/t10?,11-/m1/s1. The van der Waals surface area contributed by atoms with Crippen LogP contribution in [0.5, 0.6) is 0 Å². The lowest BCUT2D eigenvalue weighted by molar-refractivity contribution is 0.228. The Morgan fingerprint density at radius 3 is 2.60 bits per heavy atom. The van der Waals surface area contributed by atoms with Crippen molar-refractivity contribution in [3.8, 4) is 0 Å². The summed E-state index contributed by atoms with van der Waals surface area (Å²) in [5.41, 5.74) is 0.228. The Balaban J connectivity index is 2.51. The van der Waals surface area contributed by atoms with Gasteiger partial charge in [0.15, 0.2) is 5.90 Å². The fourth-order valence-corrected chi connectivity index (χ4v) is 1.74. The van der Waals surface area contributed by atoms with Crippen molar-refractivity contribution in [2.75, 3.05) is 6.61 Å². The first-order valence-corrected chi connectivity index (χ1v) is 6.15. The molecule has 0 fully saturated rings. The van der Waals surface area contributed by atoms with Crippen LogP contribution >= 0.6 is 0 Å². The van der Waals surface area contributed by atoms with Crippen LogP contribution in [0.25, 0.3) is 0 Å². The fourth-order valence-electron chi connectivity index (χ4n) is 1.74. The first kappa shape index (κ1) is 12.5. The second kappa shape index (κ2) is 5.00. The summed E-state index contributed by atoms with van der Waals surface area (Å²) in [6.07, 6.45) is 3.72. The zero-order valence-electron chi connectivity index (χ0n) is 10.8. The minimum absolute atomic E-state index is 0.228. The van der Waals surface area contributed by atoms with Crippen LogP contribution in [0, 0.1) is 11.3 Å². The molecule has 0 aromatic rings. The van der Waals surface area contributed by atoms with Crippen molar-refractivity contribution in [3.63, 3.8) is 0 Å². The summed E-state index contributed by atoms with van der Waals surface area (Å²) in [5.74, 6) is 1.49. The molecular formula is C13H25NO. The van der Waals surface area contributed by atoms with Gasteiger partial charge in [0.25, 0.3) is 0 Å². The van der Waals surface area contributed by atoms with Gasteiger partial charge in [-0.15, -0.1) is 0 Å². The molecule has 1 aliphatic heterocycles. The molecule has 0 saturated carbocycles. The van der Waals surface area contributed by atoms with Gasteiger partial charge >= 0.3 is 0 Å². The molecule has 1 aliphatic rings. The molecule has 0 N–H and O–H groups in total. The molecule has 88 valence electrons. The van der Waals surface area contributed by atoms with Gasteiger partial charge in [0.2, 0.25) is 0 Å². The van der Waals surface area contributed by atoms with Gasteiger partial charge in [-0.05, 0) is 11.8 Å². The van der Waals surface area contributed by atoms with Gasteiger partial charge in [-0.1, -0.05) is 47.5 Å². The molecule has 0 amide bonds. The third-order valence-electron chi connectivity index (χ3n) is 3.08. The van der Waals surface area contributed by atoms with E-state index in [-0.39, 0.29) is 5.41 Å². The third-order valence-corrected chi connectivity index (χ3v) is 3.08. The number of nitrogens with zero attached hydrogens (tertiary/aromatic N) is 1. The number of unbranched alkanes of at least 4 members (excludes halogenated alkanes) is 1. The van der Waals surface area contributed by atoms with Crippen molar-refractivity contribution in [2.45, 2.75) is 59.9 Å². The Morgan fingerprint density at radius 2 is 2.13 bits per heavy atom. The number of hydrogen-bond donors (Lipinski definition) is 0. The zero-order chi connectivity index (χ0) is 11.5. The molecule has 2 heteroatoms. The third kappa shape index (κ3) is 3.51. The van der Waals surface area contributed by atoms with Gasteiger partial charge < -0.3 is 4.74 Å². The SMILES string of the molecule is CCCCC(C)C1=N[C@@H](C(C)(C)C)CO1. The Morgan fingerprint density at radius 1 is 1.47 bits per heavy atom. The summed E-state index contributed by atoms with van der Waals surface area (Å²) >= 11 is 0. The van der Waals surface area contributed by atoms with Crippen LogP contribution in [0.2, 0.25) is 0 Å². The molecule has 0 spiro atoms. The van der Waals surface area contributed by atoms with E-state index in [0.717, 1.165) is 12.5 Å².